The van der Waals surface area contributed by atoms with E-state index in [0.717, 1.165) is 6.42 Å². The Balaban J connectivity index is 2.48. The maximum atomic E-state index is 3.49. The Bertz CT molecular complexity index is 580. The van der Waals surface area contributed by atoms with Crippen LogP contribution in [0.15, 0.2) is 16.8 Å². The van der Waals surface area contributed by atoms with E-state index in [1.807, 2.05) is 0 Å². The molecule has 96 valence electrons. The number of allylic oxidation sites excluding steroid dienone is 2. The third kappa shape index (κ3) is 1.96. The van der Waals surface area contributed by atoms with Gasteiger partial charge in [-0.3, -0.25) is 0 Å². The second-order valence-corrected chi connectivity index (χ2v) is 5.18. The molecule has 0 amide bonds. The van der Waals surface area contributed by atoms with E-state index in [2.05, 4.69) is 57.6 Å². The fourth-order valence-corrected chi connectivity index (χ4v) is 2.65. The first-order chi connectivity index (χ1) is 8.45. The first kappa shape index (κ1) is 12.9. The molecule has 0 radical (unpaired) electrons. The van der Waals surface area contributed by atoms with Crippen LogP contribution in [0.1, 0.15) is 50.2 Å². The number of H-pyrrole nitrogens is 1. The van der Waals surface area contributed by atoms with Crippen molar-refractivity contribution in [1.29, 1.82) is 0 Å². The van der Waals surface area contributed by atoms with Crippen LogP contribution in [0.4, 0.5) is 0 Å². The van der Waals surface area contributed by atoms with Crippen molar-refractivity contribution < 1.29 is 4.99 Å². The van der Waals surface area contributed by atoms with Crippen molar-refractivity contribution in [2.45, 2.75) is 48.0 Å². The molecule has 18 heavy (non-hydrogen) atoms. The molecule has 0 saturated heterocycles. The molecule has 0 fully saturated rings. The normalized spacial score (nSPS) is 17.9. The molecule has 0 aromatic carbocycles. The first-order valence-electron chi connectivity index (χ1n) is 6.64. The third-order valence-electron chi connectivity index (χ3n) is 4.12. The lowest BCUT2D eigenvalue weighted by molar-refractivity contribution is -0.386. The zero-order chi connectivity index (χ0) is 13.4. The smallest absolute Gasteiger partial charge is 0.209 e. The zero-order valence-electron chi connectivity index (χ0n) is 12.3. The van der Waals surface area contributed by atoms with Crippen LogP contribution in [0.2, 0.25) is 0 Å². The van der Waals surface area contributed by atoms with Crippen molar-refractivity contribution in [1.82, 2.24) is 4.98 Å². The highest BCUT2D eigenvalue weighted by Gasteiger charge is 2.21. The van der Waals surface area contributed by atoms with Gasteiger partial charge in [-0.15, -0.1) is 0 Å². The average molecular weight is 243 g/mol. The lowest BCUT2D eigenvalue weighted by Crippen LogP contribution is -2.67. The second-order valence-electron chi connectivity index (χ2n) is 5.18. The molecule has 0 aliphatic carbocycles. The summed E-state index contributed by atoms with van der Waals surface area (Å²) >= 11 is 0. The minimum absolute atomic E-state index is 1.09. The minimum atomic E-state index is 1.09. The van der Waals surface area contributed by atoms with Gasteiger partial charge in [0.05, 0.1) is 0 Å². The highest BCUT2D eigenvalue weighted by atomic mass is 14.8. The van der Waals surface area contributed by atoms with Crippen LogP contribution < -0.4 is 4.99 Å². The van der Waals surface area contributed by atoms with Gasteiger partial charge in [-0.05, 0) is 45.2 Å². The Hall–Kier alpha value is -1.57. The van der Waals surface area contributed by atoms with E-state index in [1.165, 1.54) is 45.1 Å². The van der Waals surface area contributed by atoms with Crippen LogP contribution in [-0.4, -0.2) is 10.7 Å². The Labute approximate surface area is 110 Å². The molecule has 0 unspecified atom stereocenters. The van der Waals surface area contributed by atoms with Crippen molar-refractivity contribution in [3.63, 3.8) is 0 Å². The van der Waals surface area contributed by atoms with Gasteiger partial charge in [-0.2, -0.15) is 0 Å². The van der Waals surface area contributed by atoms with Crippen LogP contribution in [0, 0.1) is 13.8 Å². The van der Waals surface area contributed by atoms with E-state index in [1.54, 1.807) is 0 Å². The number of aromatic nitrogens is 1. The molecule has 2 rings (SSSR count). The largest absolute Gasteiger partial charge is 0.358 e. The molecule has 2 heterocycles. The number of hydrogen-bond donors (Lipinski definition) is 2. The molecular formula is C16H23N2+. The SMILES string of the molecule is CCc1c(C)[nH]c(C=C2[NH+]=C(C)C(C)=C2C)c1C. The van der Waals surface area contributed by atoms with Gasteiger partial charge in [0.1, 0.15) is 0 Å². The monoisotopic (exact) mass is 243 g/mol. The van der Waals surface area contributed by atoms with E-state index in [-0.39, 0.29) is 0 Å². The van der Waals surface area contributed by atoms with Gasteiger partial charge in [0, 0.05) is 35.5 Å². The molecule has 1 aromatic rings. The molecule has 2 nitrogen and oxygen atoms in total. The summed E-state index contributed by atoms with van der Waals surface area (Å²) in [6.07, 6.45) is 3.32. The predicted octanol–water partition coefficient (Wildman–Crippen LogP) is 2.43. The molecular weight excluding hydrogens is 220 g/mol. The molecule has 0 spiro atoms. The molecule has 0 bridgehead atoms. The van der Waals surface area contributed by atoms with Crippen LogP contribution in [0.25, 0.3) is 6.08 Å². The van der Waals surface area contributed by atoms with E-state index in [0.29, 0.717) is 0 Å². The summed E-state index contributed by atoms with van der Waals surface area (Å²) in [5, 5.41) is 0. The Kier molecular flexibility index (Phi) is 3.29. The van der Waals surface area contributed by atoms with E-state index in [9.17, 15) is 0 Å². The standard InChI is InChI=1S/C16H22N2/c1-7-14-11(4)16(18-13(14)6)8-15-10(3)9(2)12(5)17-15/h8,18H,7H2,1-6H3/p+1. The van der Waals surface area contributed by atoms with E-state index >= 15 is 0 Å². The van der Waals surface area contributed by atoms with Crippen LogP contribution in [0.3, 0.4) is 0 Å². The molecule has 0 atom stereocenters. The topological polar surface area (TPSA) is 29.8 Å². The molecule has 1 aliphatic rings. The summed E-state index contributed by atoms with van der Waals surface area (Å²) in [7, 11) is 0. The van der Waals surface area contributed by atoms with E-state index in [4.69, 9.17) is 0 Å². The summed E-state index contributed by atoms with van der Waals surface area (Å²) in [4.78, 5) is 6.95. The maximum Gasteiger partial charge on any atom is 0.209 e. The fourth-order valence-electron chi connectivity index (χ4n) is 2.65. The fraction of sp³-hybridized carbons (Fsp3) is 0.438. The zero-order valence-corrected chi connectivity index (χ0v) is 12.3. The van der Waals surface area contributed by atoms with Gasteiger partial charge in [0.15, 0.2) is 5.71 Å². The first-order valence-corrected chi connectivity index (χ1v) is 6.64. The third-order valence-corrected chi connectivity index (χ3v) is 4.12. The number of nitrogens with one attached hydrogen (secondary N) is 2. The second kappa shape index (κ2) is 4.60. The Morgan fingerprint density at radius 2 is 1.72 bits per heavy atom. The summed E-state index contributed by atoms with van der Waals surface area (Å²) in [6.45, 7) is 13.0. The van der Waals surface area contributed by atoms with Crippen molar-refractivity contribution in [3.05, 3.63) is 39.4 Å². The van der Waals surface area contributed by atoms with Crippen molar-refractivity contribution in [2.24, 2.45) is 0 Å². The maximum absolute atomic E-state index is 3.49. The quantitative estimate of drug-likeness (QED) is 0.799. The van der Waals surface area contributed by atoms with Crippen LogP contribution >= 0.6 is 0 Å². The summed E-state index contributed by atoms with van der Waals surface area (Å²) in [6, 6.07) is 0. The Morgan fingerprint density at radius 3 is 2.17 bits per heavy atom. The summed E-state index contributed by atoms with van der Waals surface area (Å²) in [5.74, 6) is 0. The lowest BCUT2D eigenvalue weighted by atomic mass is 10.1. The average Bonchev–Trinajstić information content (AvgIpc) is 2.72. The number of aryl methyl sites for hydroxylation is 1. The van der Waals surface area contributed by atoms with Gasteiger partial charge in [-0.1, -0.05) is 6.92 Å². The van der Waals surface area contributed by atoms with Crippen LogP contribution in [-0.2, 0) is 6.42 Å². The minimum Gasteiger partial charge on any atom is -0.358 e. The highest BCUT2D eigenvalue weighted by molar-refractivity contribution is 5.97. The summed E-state index contributed by atoms with van der Waals surface area (Å²) in [5.41, 5.74) is 10.5. The molecule has 1 aromatic heterocycles. The van der Waals surface area contributed by atoms with Gasteiger partial charge >= 0.3 is 0 Å². The molecule has 2 heteroatoms. The lowest BCUT2D eigenvalue weighted by Gasteiger charge is -1.96. The van der Waals surface area contributed by atoms with Gasteiger partial charge in [0.2, 0.25) is 5.70 Å². The summed E-state index contributed by atoms with van der Waals surface area (Å²) < 4.78 is 0. The van der Waals surface area contributed by atoms with Crippen molar-refractivity contribution in [3.8, 4) is 0 Å². The number of rotatable bonds is 2. The van der Waals surface area contributed by atoms with Gasteiger partial charge in [-0.25, -0.2) is 4.99 Å². The van der Waals surface area contributed by atoms with E-state index < -0.39 is 0 Å². The number of hydrogen-bond acceptors (Lipinski definition) is 0. The van der Waals surface area contributed by atoms with Crippen molar-refractivity contribution >= 4 is 11.8 Å². The molecule has 0 saturated carbocycles. The van der Waals surface area contributed by atoms with Gasteiger partial charge in [0.25, 0.3) is 0 Å². The Morgan fingerprint density at radius 1 is 1.06 bits per heavy atom. The predicted molar refractivity (Wildman–Crippen MR) is 77.6 cm³/mol. The van der Waals surface area contributed by atoms with Gasteiger partial charge < -0.3 is 4.98 Å². The van der Waals surface area contributed by atoms with Crippen molar-refractivity contribution in [2.75, 3.05) is 0 Å². The van der Waals surface area contributed by atoms with Crippen LogP contribution in [0.5, 0.6) is 0 Å². The number of aromatic amines is 1. The molecule has 2 N–H and O–H groups in total. The molecule has 1 aliphatic heterocycles. The highest BCUT2D eigenvalue weighted by Crippen LogP contribution is 2.22.